The summed E-state index contributed by atoms with van der Waals surface area (Å²) >= 11 is 0. The maximum absolute atomic E-state index is 13.8. The number of aryl methyl sites for hydroxylation is 1. The van der Waals surface area contributed by atoms with Gasteiger partial charge in [0.15, 0.2) is 23.6 Å². The summed E-state index contributed by atoms with van der Waals surface area (Å²) in [5.41, 5.74) is 0.484. The largest absolute Gasteiger partial charge is 0.507 e. The Bertz CT molecular complexity index is 1680. The zero-order chi connectivity index (χ0) is 28.9. The molecule has 10 nitrogen and oxygen atoms in total. The fraction of sp³-hybridized carbons (Fsp3) is 0.387. The number of phenols is 3. The average Bonchev–Trinajstić information content (AvgIpc) is 2.92. The van der Waals surface area contributed by atoms with Crippen LogP contribution in [0.5, 0.6) is 17.2 Å². The number of rotatable bonds is 1. The molecule has 0 radical (unpaired) electrons. The maximum atomic E-state index is 13.8. The van der Waals surface area contributed by atoms with E-state index in [1.165, 1.54) is 18.2 Å². The zero-order valence-corrected chi connectivity index (χ0v) is 22.5. The Labute approximate surface area is 234 Å². The molecule has 0 spiro atoms. The second-order valence-corrected chi connectivity index (χ2v) is 11.3. The van der Waals surface area contributed by atoms with Crippen LogP contribution in [0.3, 0.4) is 0 Å². The molecule has 3 saturated heterocycles. The molecule has 2 unspecified atom stereocenters. The van der Waals surface area contributed by atoms with Gasteiger partial charge in [-0.25, -0.2) is 0 Å². The van der Waals surface area contributed by atoms with Crippen LogP contribution < -0.4 is 0 Å². The van der Waals surface area contributed by atoms with Crippen molar-refractivity contribution in [3.05, 3.63) is 63.7 Å². The molecule has 7 rings (SSSR count). The molecule has 1 aliphatic carbocycles. The fourth-order valence-corrected chi connectivity index (χ4v) is 6.57. The van der Waals surface area contributed by atoms with E-state index in [2.05, 4.69) is 0 Å². The lowest BCUT2D eigenvalue weighted by molar-refractivity contribution is -0.346. The highest BCUT2D eigenvalue weighted by molar-refractivity contribution is 6.32. The van der Waals surface area contributed by atoms with Crippen molar-refractivity contribution in [2.75, 3.05) is 0 Å². The molecule has 3 aromatic carbocycles. The zero-order valence-electron chi connectivity index (χ0n) is 22.5. The number of carbonyl (C=O) groups is 3. The molecule has 4 aliphatic rings. The van der Waals surface area contributed by atoms with Crippen LogP contribution in [0.2, 0.25) is 0 Å². The molecule has 212 valence electrons. The highest BCUT2D eigenvalue weighted by Crippen LogP contribution is 2.47. The highest BCUT2D eigenvalue weighted by Gasteiger charge is 2.50. The summed E-state index contributed by atoms with van der Waals surface area (Å²) in [6, 6.07) is 7.50. The van der Waals surface area contributed by atoms with Crippen molar-refractivity contribution in [2.24, 2.45) is 0 Å². The number of phenolic OH excluding ortho intramolecular Hbond substituents is 3. The number of benzene rings is 3. The summed E-state index contributed by atoms with van der Waals surface area (Å²) < 4.78 is 24.3. The Balaban J connectivity index is 1.24. The summed E-state index contributed by atoms with van der Waals surface area (Å²) in [4.78, 5) is 39.4. The minimum absolute atomic E-state index is 0.0358. The van der Waals surface area contributed by atoms with Gasteiger partial charge in [-0.3, -0.25) is 14.4 Å². The molecule has 0 saturated carbocycles. The SMILES string of the molecule is Cc1cc(O)c2cc3c(c(O)c2c1)C(=O)c1ccc([C@@H]2C[C@@H]4OC5O[C@H](C)C(=O)CC5O[C@@H]4[C@@H](C)O2)c(O)c1C3=O. The lowest BCUT2D eigenvalue weighted by Crippen LogP contribution is -2.60. The summed E-state index contributed by atoms with van der Waals surface area (Å²) in [6.45, 7) is 5.22. The fourth-order valence-electron chi connectivity index (χ4n) is 6.57. The van der Waals surface area contributed by atoms with Gasteiger partial charge in [-0.05, 0) is 50.6 Å². The van der Waals surface area contributed by atoms with Crippen molar-refractivity contribution in [1.82, 2.24) is 0 Å². The first-order valence-corrected chi connectivity index (χ1v) is 13.6. The van der Waals surface area contributed by atoms with Crippen molar-refractivity contribution < 1.29 is 48.7 Å². The van der Waals surface area contributed by atoms with Crippen LogP contribution in [-0.2, 0) is 23.7 Å². The van der Waals surface area contributed by atoms with E-state index in [1.54, 1.807) is 26.0 Å². The van der Waals surface area contributed by atoms with Crippen molar-refractivity contribution >= 4 is 28.1 Å². The van der Waals surface area contributed by atoms with Gasteiger partial charge in [-0.1, -0.05) is 6.07 Å². The molecule has 3 aliphatic heterocycles. The molecule has 3 N–H and O–H groups in total. The van der Waals surface area contributed by atoms with Gasteiger partial charge in [-0.2, -0.15) is 0 Å². The summed E-state index contributed by atoms with van der Waals surface area (Å²) in [6.07, 6.45) is -3.45. The molecule has 3 heterocycles. The van der Waals surface area contributed by atoms with E-state index >= 15 is 0 Å². The molecule has 3 aromatic rings. The summed E-state index contributed by atoms with van der Waals surface area (Å²) in [7, 11) is 0. The average molecular weight is 561 g/mol. The van der Waals surface area contributed by atoms with Crippen LogP contribution >= 0.6 is 0 Å². The van der Waals surface area contributed by atoms with Gasteiger partial charge in [0.05, 0.1) is 29.4 Å². The first-order chi connectivity index (χ1) is 19.5. The van der Waals surface area contributed by atoms with Gasteiger partial charge in [0.1, 0.15) is 35.6 Å². The van der Waals surface area contributed by atoms with Crippen LogP contribution in [-0.4, -0.2) is 69.5 Å². The number of hydrogen-bond donors (Lipinski definition) is 3. The number of fused-ring (bicyclic) bond motifs is 5. The normalized spacial score (nSPS) is 30.9. The predicted molar refractivity (Wildman–Crippen MR) is 142 cm³/mol. The van der Waals surface area contributed by atoms with E-state index in [9.17, 15) is 29.7 Å². The van der Waals surface area contributed by atoms with Crippen molar-refractivity contribution in [2.45, 2.75) is 76.5 Å². The third-order valence-corrected chi connectivity index (χ3v) is 8.64. The molecular formula is C31H28O10. The number of aromatic hydroxyl groups is 3. The Kier molecular flexibility index (Phi) is 5.78. The van der Waals surface area contributed by atoms with Crippen molar-refractivity contribution in [3.8, 4) is 17.2 Å². The van der Waals surface area contributed by atoms with E-state index in [0.29, 0.717) is 11.1 Å². The lowest BCUT2D eigenvalue weighted by Gasteiger charge is -2.49. The number of ether oxygens (including phenoxy) is 4. The molecular weight excluding hydrogens is 532 g/mol. The first kappa shape index (κ1) is 26.1. The topological polar surface area (TPSA) is 149 Å². The second kappa shape index (κ2) is 9.09. The summed E-state index contributed by atoms with van der Waals surface area (Å²) in [5.74, 6) is -2.24. The Morgan fingerprint density at radius 1 is 0.780 bits per heavy atom. The van der Waals surface area contributed by atoms with Crippen molar-refractivity contribution in [1.29, 1.82) is 0 Å². The molecule has 7 atom stereocenters. The minimum Gasteiger partial charge on any atom is -0.507 e. The second-order valence-electron chi connectivity index (χ2n) is 11.3. The number of carbonyl (C=O) groups excluding carboxylic acids is 3. The Morgan fingerprint density at radius 3 is 2.29 bits per heavy atom. The molecule has 0 amide bonds. The van der Waals surface area contributed by atoms with Gasteiger partial charge in [-0.15, -0.1) is 0 Å². The van der Waals surface area contributed by atoms with Crippen molar-refractivity contribution in [3.63, 3.8) is 0 Å². The lowest BCUT2D eigenvalue weighted by atomic mass is 9.79. The number of Topliss-reactive ketones (excluding diaryl/α,β-unsaturated/α-hetero) is 1. The summed E-state index contributed by atoms with van der Waals surface area (Å²) in [5, 5.41) is 33.4. The number of ketones is 3. The standard InChI is InChI=1S/C31H28O10/c1-11-6-17-16(20(33)7-11)8-18-25(28(17)36)27(35)15-5-4-14(26(34)24(15)29(18)37)21-10-22-30(13(3)38-21)40-23-9-19(32)12(2)39-31(23)41-22/h4-8,12-13,21-23,30-31,33-34,36H,9-10H2,1-3H3/t12-,13-,21+,22+,23?,30-,31?/m1/s1. The Hall–Kier alpha value is -3.83. The van der Waals surface area contributed by atoms with Crippen LogP contribution in [0.1, 0.15) is 75.8 Å². The van der Waals surface area contributed by atoms with Crippen LogP contribution in [0.15, 0.2) is 30.3 Å². The van der Waals surface area contributed by atoms with Gasteiger partial charge in [0, 0.05) is 40.3 Å². The van der Waals surface area contributed by atoms with E-state index < -0.39 is 66.0 Å². The van der Waals surface area contributed by atoms with Gasteiger partial charge >= 0.3 is 0 Å². The van der Waals surface area contributed by atoms with E-state index in [-0.39, 0.29) is 57.4 Å². The number of hydrogen-bond acceptors (Lipinski definition) is 10. The monoisotopic (exact) mass is 560 g/mol. The minimum atomic E-state index is -0.703. The molecule has 41 heavy (non-hydrogen) atoms. The molecule has 0 bridgehead atoms. The predicted octanol–water partition coefficient (Wildman–Crippen LogP) is 3.75. The van der Waals surface area contributed by atoms with Crippen LogP contribution in [0.4, 0.5) is 0 Å². The maximum Gasteiger partial charge on any atom is 0.198 e. The van der Waals surface area contributed by atoms with E-state index in [0.717, 1.165) is 0 Å². The van der Waals surface area contributed by atoms with E-state index in [1.807, 2.05) is 6.92 Å². The molecule has 3 fully saturated rings. The van der Waals surface area contributed by atoms with Crippen LogP contribution in [0, 0.1) is 6.92 Å². The Morgan fingerprint density at radius 2 is 1.51 bits per heavy atom. The molecule has 10 heteroatoms. The van der Waals surface area contributed by atoms with Gasteiger partial charge in [0.25, 0.3) is 0 Å². The highest BCUT2D eigenvalue weighted by atomic mass is 16.7. The third kappa shape index (κ3) is 3.82. The van der Waals surface area contributed by atoms with Gasteiger partial charge in [0.2, 0.25) is 0 Å². The third-order valence-electron chi connectivity index (χ3n) is 8.64. The van der Waals surface area contributed by atoms with Gasteiger partial charge < -0.3 is 34.3 Å². The first-order valence-electron chi connectivity index (χ1n) is 13.6. The smallest absolute Gasteiger partial charge is 0.198 e. The van der Waals surface area contributed by atoms with E-state index in [4.69, 9.17) is 18.9 Å². The quantitative estimate of drug-likeness (QED) is 0.314. The van der Waals surface area contributed by atoms with Crippen LogP contribution in [0.25, 0.3) is 10.8 Å². The molecule has 0 aromatic heterocycles.